The van der Waals surface area contributed by atoms with E-state index in [1.165, 1.54) is 0 Å². The van der Waals surface area contributed by atoms with Crippen LogP contribution in [0.1, 0.15) is 102 Å². The lowest BCUT2D eigenvalue weighted by Gasteiger charge is -2.37. The first-order valence-corrected chi connectivity index (χ1v) is 19.7. The average Bonchev–Trinajstić information content (AvgIpc) is 3.88. The van der Waals surface area contributed by atoms with Crippen molar-refractivity contribution in [3.05, 3.63) is 52.9 Å². The van der Waals surface area contributed by atoms with E-state index in [0.29, 0.717) is 36.9 Å². The topological polar surface area (TPSA) is 104 Å². The minimum atomic E-state index is -0.500. The fourth-order valence-corrected chi connectivity index (χ4v) is 8.82. The Hall–Kier alpha value is -3.28. The second-order valence-electron chi connectivity index (χ2n) is 15.2. The van der Waals surface area contributed by atoms with Gasteiger partial charge >= 0.3 is 0 Å². The van der Waals surface area contributed by atoms with Crippen molar-refractivity contribution in [1.82, 2.24) is 25.3 Å². The van der Waals surface area contributed by atoms with Gasteiger partial charge in [0.2, 0.25) is 11.8 Å². The number of anilines is 1. The number of hydrogen-bond donors (Lipinski definition) is 1. The van der Waals surface area contributed by atoms with Crippen LogP contribution in [-0.2, 0) is 14.3 Å². The molecular formula is C39H56N6O4S. The number of ether oxygens (including phenoxy) is 1. The molecule has 3 saturated heterocycles. The van der Waals surface area contributed by atoms with E-state index in [4.69, 9.17) is 9.26 Å². The normalized spacial score (nSPS) is 20.9. The van der Waals surface area contributed by atoms with Gasteiger partial charge in [-0.2, -0.15) is 0 Å². The lowest BCUT2D eigenvalue weighted by Crippen LogP contribution is -2.48. The number of carbonyl (C=O) groups excluding carboxylic acids is 2. The number of nitrogens with zero attached hydrogens (tertiary/aromatic N) is 5. The number of carbonyl (C=O) groups is 2. The van der Waals surface area contributed by atoms with Crippen molar-refractivity contribution in [2.24, 2.45) is 11.8 Å². The van der Waals surface area contributed by atoms with E-state index in [-0.39, 0.29) is 23.8 Å². The second kappa shape index (κ2) is 16.4. The van der Waals surface area contributed by atoms with E-state index >= 15 is 0 Å². The first-order chi connectivity index (χ1) is 24.1. The molecule has 1 N–H and O–H groups in total. The van der Waals surface area contributed by atoms with Crippen LogP contribution in [-0.4, -0.2) is 89.3 Å². The minimum Gasteiger partial charge on any atom is -0.375 e. The zero-order chi connectivity index (χ0) is 35.4. The van der Waals surface area contributed by atoms with Crippen LogP contribution in [0.4, 0.5) is 5.82 Å². The summed E-state index contributed by atoms with van der Waals surface area (Å²) in [5.74, 6) is 1.41. The SMILES string of the molecule is Cc1ncsc1-c1ccc(C(C)NC(=O)C2CCCN2C(=O)C(c2cc(N3CCC(CN4CCC(OC(C)C)CC4)CC3)no2)C(C)C)cc1. The predicted molar refractivity (Wildman–Crippen MR) is 198 cm³/mol. The number of aryl methyl sites for hydroxylation is 1. The van der Waals surface area contributed by atoms with Gasteiger partial charge < -0.3 is 29.3 Å². The van der Waals surface area contributed by atoms with Gasteiger partial charge in [0.1, 0.15) is 12.0 Å². The molecule has 5 heterocycles. The smallest absolute Gasteiger partial charge is 0.243 e. The largest absolute Gasteiger partial charge is 0.375 e. The maximum Gasteiger partial charge on any atom is 0.243 e. The molecule has 3 aliphatic rings. The molecule has 3 unspecified atom stereocenters. The number of likely N-dealkylation sites (tertiary alicyclic amines) is 2. The fourth-order valence-electron chi connectivity index (χ4n) is 8.01. The van der Waals surface area contributed by atoms with Crippen LogP contribution in [0.15, 0.2) is 40.4 Å². The van der Waals surface area contributed by atoms with Gasteiger partial charge in [-0.25, -0.2) is 4.98 Å². The zero-order valence-electron chi connectivity index (χ0n) is 30.8. The van der Waals surface area contributed by atoms with Gasteiger partial charge in [0.05, 0.1) is 34.3 Å². The van der Waals surface area contributed by atoms with Crippen LogP contribution >= 0.6 is 11.3 Å². The molecule has 1 aromatic carbocycles. The molecule has 3 aromatic rings. The van der Waals surface area contributed by atoms with Gasteiger partial charge in [-0.15, -0.1) is 11.3 Å². The van der Waals surface area contributed by atoms with Gasteiger partial charge in [0.25, 0.3) is 0 Å². The van der Waals surface area contributed by atoms with Crippen molar-refractivity contribution in [1.29, 1.82) is 0 Å². The summed E-state index contributed by atoms with van der Waals surface area (Å²) in [6.45, 7) is 18.2. The van der Waals surface area contributed by atoms with Crippen LogP contribution in [0.2, 0.25) is 0 Å². The van der Waals surface area contributed by atoms with Crippen LogP contribution in [0, 0.1) is 18.8 Å². The molecule has 11 heteroatoms. The maximum atomic E-state index is 14.2. The highest BCUT2D eigenvalue weighted by Gasteiger charge is 2.41. The Morgan fingerprint density at radius 1 is 0.980 bits per heavy atom. The van der Waals surface area contributed by atoms with Crippen LogP contribution < -0.4 is 10.2 Å². The number of piperidine rings is 2. The summed E-state index contributed by atoms with van der Waals surface area (Å²) >= 11 is 1.63. The Labute approximate surface area is 301 Å². The van der Waals surface area contributed by atoms with Crippen molar-refractivity contribution in [2.45, 2.75) is 110 Å². The highest BCUT2D eigenvalue weighted by Crippen LogP contribution is 2.34. The third kappa shape index (κ3) is 8.60. The standard InChI is InChI=1S/C39H56N6O4S/c1-25(2)36(34-22-35(42-49-34)44-20-13-29(14-21-44)23-43-18-15-32(16-19-43)48-26(3)4)39(47)45-17-7-8-33(45)38(46)41-27(5)30-9-11-31(12-10-30)37-28(6)40-24-50-37/h9-12,22,24-27,29,32-33,36H,7-8,13-21,23H2,1-6H3,(H,41,46). The van der Waals surface area contributed by atoms with Gasteiger partial charge in [-0.1, -0.05) is 43.3 Å². The summed E-state index contributed by atoms with van der Waals surface area (Å²) in [5.41, 5.74) is 5.03. The lowest BCUT2D eigenvalue weighted by atomic mass is 9.91. The van der Waals surface area contributed by atoms with Gasteiger partial charge in [0.15, 0.2) is 11.6 Å². The van der Waals surface area contributed by atoms with Crippen LogP contribution in [0.5, 0.6) is 0 Å². The van der Waals surface area contributed by atoms with E-state index in [1.54, 1.807) is 16.2 Å². The van der Waals surface area contributed by atoms with E-state index in [1.807, 2.05) is 39.3 Å². The van der Waals surface area contributed by atoms with Crippen LogP contribution in [0.25, 0.3) is 10.4 Å². The Morgan fingerprint density at radius 3 is 2.34 bits per heavy atom. The summed E-state index contributed by atoms with van der Waals surface area (Å²) in [6.07, 6.45) is 6.65. The molecule has 272 valence electrons. The van der Waals surface area contributed by atoms with Crippen LogP contribution in [0.3, 0.4) is 0 Å². The Bertz CT molecular complexity index is 1550. The zero-order valence-corrected chi connectivity index (χ0v) is 31.6. The summed E-state index contributed by atoms with van der Waals surface area (Å²) in [7, 11) is 0. The van der Waals surface area contributed by atoms with Crippen molar-refractivity contribution >= 4 is 29.0 Å². The van der Waals surface area contributed by atoms with Crippen molar-refractivity contribution in [3.63, 3.8) is 0 Å². The number of aromatic nitrogens is 2. The number of thiazole rings is 1. The monoisotopic (exact) mass is 704 g/mol. The number of benzene rings is 1. The molecule has 0 saturated carbocycles. The lowest BCUT2D eigenvalue weighted by molar-refractivity contribution is -0.141. The maximum absolute atomic E-state index is 14.2. The molecule has 3 aliphatic heterocycles. The van der Waals surface area contributed by atoms with Crippen molar-refractivity contribution in [2.75, 3.05) is 44.2 Å². The molecule has 0 radical (unpaired) electrons. The highest BCUT2D eigenvalue weighted by atomic mass is 32.1. The van der Waals surface area contributed by atoms with Crippen molar-refractivity contribution in [3.8, 4) is 10.4 Å². The minimum absolute atomic E-state index is 0.00644. The third-order valence-electron chi connectivity index (χ3n) is 10.8. The van der Waals surface area contributed by atoms with E-state index in [9.17, 15) is 9.59 Å². The molecule has 2 amide bonds. The summed E-state index contributed by atoms with van der Waals surface area (Å²) in [5, 5.41) is 7.64. The molecule has 6 rings (SSSR count). The Morgan fingerprint density at radius 2 is 1.70 bits per heavy atom. The third-order valence-corrected chi connectivity index (χ3v) is 11.8. The fraction of sp³-hybridized carbons (Fsp3) is 0.641. The summed E-state index contributed by atoms with van der Waals surface area (Å²) in [6, 6.07) is 9.56. The predicted octanol–water partition coefficient (Wildman–Crippen LogP) is 6.82. The second-order valence-corrected chi connectivity index (χ2v) is 16.1. The molecule has 0 spiro atoms. The number of nitrogens with one attached hydrogen (secondary N) is 1. The molecule has 3 fully saturated rings. The number of amides is 2. The highest BCUT2D eigenvalue weighted by molar-refractivity contribution is 7.13. The van der Waals surface area contributed by atoms with Gasteiger partial charge in [-0.05, 0) is 89.2 Å². The molecular weight excluding hydrogens is 649 g/mol. The Balaban J connectivity index is 1.02. The summed E-state index contributed by atoms with van der Waals surface area (Å²) in [4.78, 5) is 40.0. The first kappa shape index (κ1) is 36.5. The molecule has 3 atom stereocenters. The quantitative estimate of drug-likeness (QED) is 0.219. The van der Waals surface area contributed by atoms with Gasteiger partial charge in [0, 0.05) is 45.3 Å². The van der Waals surface area contributed by atoms with Gasteiger partial charge in [-0.3, -0.25) is 9.59 Å². The molecule has 0 bridgehead atoms. The average molecular weight is 705 g/mol. The Kier molecular flexibility index (Phi) is 12.0. The summed E-state index contributed by atoms with van der Waals surface area (Å²) < 4.78 is 11.9. The molecule has 0 aliphatic carbocycles. The molecule has 10 nitrogen and oxygen atoms in total. The number of rotatable bonds is 12. The molecule has 2 aromatic heterocycles. The molecule has 50 heavy (non-hydrogen) atoms. The van der Waals surface area contributed by atoms with Crippen molar-refractivity contribution < 1.29 is 18.8 Å². The number of hydrogen-bond acceptors (Lipinski definition) is 9. The first-order valence-electron chi connectivity index (χ1n) is 18.8. The van der Waals surface area contributed by atoms with E-state index in [2.05, 4.69) is 63.4 Å². The van der Waals surface area contributed by atoms with E-state index < -0.39 is 12.0 Å². The van der Waals surface area contributed by atoms with E-state index in [0.717, 1.165) is 92.3 Å².